The van der Waals surface area contributed by atoms with Crippen LogP contribution < -0.4 is 0 Å². The lowest BCUT2D eigenvalue weighted by atomic mass is 10.1. The van der Waals surface area contributed by atoms with Crippen molar-refractivity contribution in [1.82, 2.24) is 24.3 Å². The molecule has 0 spiro atoms. The molecule has 0 N–H and O–H groups in total. The second-order valence-corrected chi connectivity index (χ2v) is 9.32. The molecule has 8 nitrogen and oxygen atoms in total. The first kappa shape index (κ1) is 21.7. The number of carbonyl (C=O) groups is 1. The van der Waals surface area contributed by atoms with E-state index in [1.165, 1.54) is 11.8 Å². The average Bonchev–Trinajstić information content (AvgIpc) is 3.52. The van der Waals surface area contributed by atoms with Gasteiger partial charge < -0.3 is 4.90 Å². The smallest absolute Gasteiger partial charge is 0.219 e. The van der Waals surface area contributed by atoms with E-state index in [1.807, 2.05) is 52.4 Å². The number of fused-ring (bicyclic) bond motifs is 1. The molecule has 34 heavy (non-hydrogen) atoms. The van der Waals surface area contributed by atoms with Crippen LogP contribution >= 0.6 is 11.8 Å². The number of likely N-dealkylation sites (tertiary alicyclic amines) is 1. The quantitative estimate of drug-likeness (QED) is 0.444. The molecule has 0 aliphatic carbocycles. The van der Waals surface area contributed by atoms with E-state index < -0.39 is 0 Å². The van der Waals surface area contributed by atoms with Crippen molar-refractivity contribution in [2.75, 3.05) is 13.1 Å². The SMILES string of the molecule is CC(=O)N1CCC[C@H](n2cc(-c3cc(Sc4ccccc4C#N)c4c(C#N)cnn4c3)cn2)C1. The van der Waals surface area contributed by atoms with Gasteiger partial charge >= 0.3 is 0 Å². The van der Waals surface area contributed by atoms with Crippen molar-refractivity contribution < 1.29 is 4.79 Å². The van der Waals surface area contributed by atoms with Crippen LogP contribution in [-0.4, -0.2) is 43.3 Å². The maximum Gasteiger partial charge on any atom is 0.219 e. The highest BCUT2D eigenvalue weighted by molar-refractivity contribution is 7.99. The van der Waals surface area contributed by atoms with E-state index in [4.69, 9.17) is 0 Å². The molecule has 4 aromatic rings. The molecule has 0 radical (unpaired) electrons. The summed E-state index contributed by atoms with van der Waals surface area (Å²) in [5.74, 6) is 0.0915. The molecule has 1 aliphatic rings. The van der Waals surface area contributed by atoms with Gasteiger partial charge in [0.1, 0.15) is 12.1 Å². The van der Waals surface area contributed by atoms with Crippen molar-refractivity contribution in [3.05, 3.63) is 66.2 Å². The number of amides is 1. The summed E-state index contributed by atoms with van der Waals surface area (Å²) >= 11 is 1.44. The van der Waals surface area contributed by atoms with Crippen LogP contribution in [-0.2, 0) is 4.79 Å². The van der Waals surface area contributed by atoms with Crippen LogP contribution in [0.25, 0.3) is 16.6 Å². The van der Waals surface area contributed by atoms with E-state index >= 15 is 0 Å². The lowest BCUT2D eigenvalue weighted by molar-refractivity contribution is -0.130. The first-order valence-electron chi connectivity index (χ1n) is 11.0. The van der Waals surface area contributed by atoms with Gasteiger partial charge in [0, 0.05) is 53.3 Å². The Labute approximate surface area is 201 Å². The minimum Gasteiger partial charge on any atom is -0.341 e. The van der Waals surface area contributed by atoms with Gasteiger partial charge in [-0.2, -0.15) is 20.7 Å². The fraction of sp³-hybridized carbons (Fsp3) is 0.240. The normalized spacial score (nSPS) is 15.7. The molecule has 0 saturated carbocycles. The van der Waals surface area contributed by atoms with Crippen LogP contribution in [0.1, 0.15) is 36.9 Å². The predicted octanol–water partition coefficient (Wildman–Crippen LogP) is 4.28. The highest BCUT2D eigenvalue weighted by Gasteiger charge is 2.24. The van der Waals surface area contributed by atoms with E-state index in [0.717, 1.165) is 40.3 Å². The molecule has 5 rings (SSSR count). The number of aromatic nitrogens is 4. The number of rotatable bonds is 4. The van der Waals surface area contributed by atoms with Crippen molar-refractivity contribution in [2.45, 2.75) is 35.6 Å². The molecule has 9 heteroatoms. The standard InChI is InChI=1S/C25H21N7OS/c1-17(33)30-8-4-6-22(16-30)31-15-21(13-28-31)19-9-24(25-20(11-27)12-29-32(25)14-19)34-23-7-3-2-5-18(23)10-26/h2-3,5,7,9,12-15,22H,4,6,8,16H2,1H3/t22-/m0/s1. The lowest BCUT2D eigenvalue weighted by Gasteiger charge is -2.32. The maximum absolute atomic E-state index is 11.8. The molecule has 1 amide bonds. The number of nitrogens with zero attached hydrogens (tertiary/aromatic N) is 7. The molecule has 3 aromatic heterocycles. The zero-order valence-electron chi connectivity index (χ0n) is 18.5. The van der Waals surface area contributed by atoms with Gasteiger partial charge in [-0.3, -0.25) is 9.48 Å². The first-order chi connectivity index (χ1) is 16.6. The van der Waals surface area contributed by atoms with Gasteiger partial charge in [0.25, 0.3) is 0 Å². The topological polar surface area (TPSA) is 103 Å². The molecular formula is C25H21N7OS. The van der Waals surface area contributed by atoms with Gasteiger partial charge in [-0.1, -0.05) is 23.9 Å². The van der Waals surface area contributed by atoms with Gasteiger partial charge in [0.15, 0.2) is 0 Å². The molecule has 0 bridgehead atoms. The Morgan fingerprint density at radius 1 is 1.06 bits per heavy atom. The summed E-state index contributed by atoms with van der Waals surface area (Å²) < 4.78 is 3.65. The largest absolute Gasteiger partial charge is 0.341 e. The third-order valence-corrected chi connectivity index (χ3v) is 7.18. The van der Waals surface area contributed by atoms with Gasteiger partial charge in [0.2, 0.25) is 5.91 Å². The molecule has 1 aliphatic heterocycles. The van der Waals surface area contributed by atoms with Crippen molar-refractivity contribution in [2.24, 2.45) is 0 Å². The minimum absolute atomic E-state index is 0.0915. The Hall–Kier alpha value is -4.08. The summed E-state index contributed by atoms with van der Waals surface area (Å²) in [6, 6.07) is 14.0. The fourth-order valence-corrected chi connectivity index (χ4v) is 5.40. The van der Waals surface area contributed by atoms with E-state index in [0.29, 0.717) is 23.2 Å². The van der Waals surface area contributed by atoms with Crippen molar-refractivity contribution in [1.29, 1.82) is 10.5 Å². The van der Waals surface area contributed by atoms with Gasteiger partial charge in [0.05, 0.1) is 35.1 Å². The van der Waals surface area contributed by atoms with E-state index in [1.54, 1.807) is 23.7 Å². The number of nitriles is 2. The predicted molar refractivity (Wildman–Crippen MR) is 127 cm³/mol. The maximum atomic E-state index is 11.8. The van der Waals surface area contributed by atoms with Gasteiger partial charge in [-0.15, -0.1) is 0 Å². The van der Waals surface area contributed by atoms with E-state index in [-0.39, 0.29) is 11.9 Å². The summed E-state index contributed by atoms with van der Waals surface area (Å²) in [5.41, 5.74) is 3.59. The number of hydrogen-bond donors (Lipinski definition) is 0. The zero-order valence-corrected chi connectivity index (χ0v) is 19.4. The number of carbonyl (C=O) groups excluding carboxylic acids is 1. The highest BCUT2D eigenvalue weighted by atomic mass is 32.2. The molecule has 0 unspecified atom stereocenters. The molecule has 1 atom stereocenters. The van der Waals surface area contributed by atoms with Crippen LogP contribution in [0.15, 0.2) is 64.9 Å². The summed E-state index contributed by atoms with van der Waals surface area (Å²) in [4.78, 5) is 15.4. The van der Waals surface area contributed by atoms with Crippen LogP contribution in [0.3, 0.4) is 0 Å². The van der Waals surface area contributed by atoms with Crippen molar-refractivity contribution in [3.63, 3.8) is 0 Å². The lowest BCUT2D eigenvalue weighted by Crippen LogP contribution is -2.39. The number of piperidine rings is 1. The van der Waals surface area contributed by atoms with E-state index in [9.17, 15) is 15.3 Å². The summed E-state index contributed by atoms with van der Waals surface area (Å²) in [5, 5.41) is 28.1. The van der Waals surface area contributed by atoms with Crippen molar-refractivity contribution in [3.8, 4) is 23.3 Å². The number of pyridine rings is 1. The Bertz CT molecular complexity index is 1470. The average molecular weight is 468 g/mol. The van der Waals surface area contributed by atoms with Crippen LogP contribution in [0.4, 0.5) is 0 Å². The zero-order chi connectivity index (χ0) is 23.7. The molecule has 168 valence electrons. The Kier molecular flexibility index (Phi) is 5.79. The second-order valence-electron chi connectivity index (χ2n) is 8.24. The number of hydrogen-bond acceptors (Lipinski definition) is 6. The third-order valence-electron chi connectivity index (χ3n) is 6.08. The molecule has 1 aromatic carbocycles. The Morgan fingerprint density at radius 3 is 2.68 bits per heavy atom. The number of benzene rings is 1. The molecule has 4 heterocycles. The van der Waals surface area contributed by atoms with E-state index in [2.05, 4.69) is 22.3 Å². The Balaban J connectivity index is 1.54. The molecule has 1 fully saturated rings. The van der Waals surface area contributed by atoms with Gasteiger partial charge in [-0.05, 0) is 31.0 Å². The second kappa shape index (κ2) is 9.05. The van der Waals surface area contributed by atoms with Crippen LogP contribution in [0, 0.1) is 22.7 Å². The summed E-state index contributed by atoms with van der Waals surface area (Å²) in [6.07, 6.45) is 9.19. The molecule has 1 saturated heterocycles. The monoisotopic (exact) mass is 467 g/mol. The van der Waals surface area contributed by atoms with Gasteiger partial charge in [-0.25, -0.2) is 4.52 Å². The summed E-state index contributed by atoms with van der Waals surface area (Å²) in [7, 11) is 0. The van der Waals surface area contributed by atoms with Crippen molar-refractivity contribution >= 4 is 23.2 Å². The van der Waals surface area contributed by atoms with Crippen LogP contribution in [0.2, 0.25) is 0 Å². The summed E-state index contributed by atoms with van der Waals surface area (Å²) in [6.45, 7) is 3.06. The first-order valence-corrected chi connectivity index (χ1v) is 11.8. The molecular weight excluding hydrogens is 446 g/mol. The van der Waals surface area contributed by atoms with Crippen LogP contribution in [0.5, 0.6) is 0 Å². The Morgan fingerprint density at radius 2 is 1.88 bits per heavy atom. The minimum atomic E-state index is 0.0915. The highest BCUT2D eigenvalue weighted by Crippen LogP contribution is 2.37. The fourth-order valence-electron chi connectivity index (χ4n) is 4.31. The third kappa shape index (κ3) is 4.02.